The number of rotatable bonds is 4. The van der Waals surface area contributed by atoms with Crippen LogP contribution in [-0.2, 0) is 0 Å². The van der Waals surface area contributed by atoms with Crippen LogP contribution in [0.3, 0.4) is 0 Å². The summed E-state index contributed by atoms with van der Waals surface area (Å²) in [4.78, 5) is 4.09. The SMILES string of the molecule is NCC(c1ccccn1)C(O)c1cc(F)ccc1F. The minimum Gasteiger partial charge on any atom is -0.388 e. The molecule has 2 rings (SSSR count). The molecule has 1 heterocycles. The topological polar surface area (TPSA) is 59.1 Å². The molecule has 0 saturated heterocycles. The maximum absolute atomic E-state index is 13.6. The number of hydrogen-bond acceptors (Lipinski definition) is 3. The molecule has 0 bridgehead atoms. The molecule has 2 unspecified atom stereocenters. The van der Waals surface area contributed by atoms with Crippen LogP contribution in [0, 0.1) is 11.6 Å². The number of pyridine rings is 1. The van der Waals surface area contributed by atoms with Crippen molar-refractivity contribution < 1.29 is 13.9 Å². The first-order chi connectivity index (χ1) is 9.13. The molecule has 0 amide bonds. The van der Waals surface area contributed by atoms with Crippen molar-refractivity contribution in [2.75, 3.05) is 6.54 Å². The van der Waals surface area contributed by atoms with E-state index in [1.54, 1.807) is 24.4 Å². The van der Waals surface area contributed by atoms with Gasteiger partial charge in [-0.2, -0.15) is 0 Å². The van der Waals surface area contributed by atoms with Crippen molar-refractivity contribution in [2.24, 2.45) is 5.73 Å². The summed E-state index contributed by atoms with van der Waals surface area (Å²) in [5, 5.41) is 10.2. The molecule has 100 valence electrons. The zero-order valence-corrected chi connectivity index (χ0v) is 10.1. The molecule has 0 radical (unpaired) electrons. The molecule has 3 N–H and O–H groups in total. The first kappa shape index (κ1) is 13.6. The maximum atomic E-state index is 13.6. The predicted molar refractivity (Wildman–Crippen MR) is 67.4 cm³/mol. The fraction of sp³-hybridized carbons (Fsp3) is 0.214. The van der Waals surface area contributed by atoms with Gasteiger partial charge in [0.2, 0.25) is 0 Å². The average Bonchev–Trinajstić information content (AvgIpc) is 2.43. The van der Waals surface area contributed by atoms with Crippen molar-refractivity contribution in [3.05, 3.63) is 65.5 Å². The summed E-state index contributed by atoms with van der Waals surface area (Å²) in [6.45, 7) is 0.0775. The van der Waals surface area contributed by atoms with Crippen molar-refractivity contribution >= 4 is 0 Å². The smallest absolute Gasteiger partial charge is 0.129 e. The van der Waals surface area contributed by atoms with Crippen LogP contribution in [0.5, 0.6) is 0 Å². The fourth-order valence-electron chi connectivity index (χ4n) is 1.96. The van der Waals surface area contributed by atoms with E-state index >= 15 is 0 Å². The Kier molecular flexibility index (Phi) is 4.19. The Balaban J connectivity index is 2.36. The maximum Gasteiger partial charge on any atom is 0.129 e. The first-order valence-electron chi connectivity index (χ1n) is 5.87. The van der Waals surface area contributed by atoms with E-state index in [2.05, 4.69) is 4.98 Å². The van der Waals surface area contributed by atoms with E-state index in [4.69, 9.17) is 5.73 Å². The van der Waals surface area contributed by atoms with Crippen LogP contribution < -0.4 is 5.73 Å². The van der Waals surface area contributed by atoms with E-state index < -0.39 is 23.7 Å². The molecular formula is C14H14F2N2O. The first-order valence-corrected chi connectivity index (χ1v) is 5.87. The lowest BCUT2D eigenvalue weighted by molar-refractivity contribution is 0.141. The Morgan fingerprint density at radius 2 is 2.00 bits per heavy atom. The Morgan fingerprint density at radius 3 is 2.63 bits per heavy atom. The second kappa shape index (κ2) is 5.86. The van der Waals surface area contributed by atoms with Crippen molar-refractivity contribution in [1.29, 1.82) is 0 Å². The van der Waals surface area contributed by atoms with Crippen LogP contribution in [0.15, 0.2) is 42.6 Å². The summed E-state index contributed by atoms with van der Waals surface area (Å²) in [6.07, 6.45) is 0.322. The summed E-state index contributed by atoms with van der Waals surface area (Å²) in [5.41, 5.74) is 6.05. The van der Waals surface area contributed by atoms with Gasteiger partial charge in [0.25, 0.3) is 0 Å². The third kappa shape index (κ3) is 2.94. The predicted octanol–water partition coefficient (Wildman–Crippen LogP) is 2.14. The second-order valence-corrected chi connectivity index (χ2v) is 4.21. The van der Waals surface area contributed by atoms with Crippen molar-refractivity contribution in [1.82, 2.24) is 4.98 Å². The highest BCUT2D eigenvalue weighted by atomic mass is 19.1. The monoisotopic (exact) mass is 264 g/mol. The number of nitrogens with two attached hydrogens (primary N) is 1. The highest BCUT2D eigenvalue weighted by molar-refractivity contribution is 5.25. The Labute approximate surface area is 109 Å². The number of aromatic nitrogens is 1. The molecule has 0 saturated carbocycles. The lowest BCUT2D eigenvalue weighted by Crippen LogP contribution is -2.22. The van der Waals surface area contributed by atoms with Crippen LogP contribution >= 0.6 is 0 Å². The quantitative estimate of drug-likeness (QED) is 0.889. The summed E-state index contributed by atoms with van der Waals surface area (Å²) >= 11 is 0. The third-order valence-electron chi connectivity index (χ3n) is 2.98. The molecule has 0 aliphatic carbocycles. The van der Waals surface area contributed by atoms with Gasteiger partial charge in [0.1, 0.15) is 11.6 Å². The number of benzene rings is 1. The Hall–Kier alpha value is -1.85. The van der Waals surface area contributed by atoms with Gasteiger partial charge in [-0.05, 0) is 30.3 Å². The van der Waals surface area contributed by atoms with E-state index in [0.29, 0.717) is 5.69 Å². The molecule has 0 aliphatic heterocycles. The van der Waals surface area contributed by atoms with Gasteiger partial charge in [-0.15, -0.1) is 0 Å². The minimum absolute atomic E-state index is 0.0775. The third-order valence-corrected chi connectivity index (χ3v) is 2.98. The van der Waals surface area contributed by atoms with Crippen LogP contribution in [0.4, 0.5) is 8.78 Å². The normalized spacial score (nSPS) is 14.1. The van der Waals surface area contributed by atoms with Crippen LogP contribution in [0.25, 0.3) is 0 Å². The summed E-state index contributed by atoms with van der Waals surface area (Å²) in [6, 6.07) is 8.14. The number of halogens is 2. The Bertz CT molecular complexity index is 548. The summed E-state index contributed by atoms with van der Waals surface area (Å²) in [7, 11) is 0. The molecule has 0 fully saturated rings. The highest BCUT2D eigenvalue weighted by Crippen LogP contribution is 2.30. The molecule has 1 aromatic heterocycles. The molecule has 5 heteroatoms. The zero-order valence-electron chi connectivity index (χ0n) is 10.1. The van der Waals surface area contributed by atoms with Gasteiger partial charge in [-0.1, -0.05) is 6.07 Å². The van der Waals surface area contributed by atoms with E-state index in [-0.39, 0.29) is 12.1 Å². The van der Waals surface area contributed by atoms with Crippen molar-refractivity contribution in [2.45, 2.75) is 12.0 Å². The molecule has 2 atom stereocenters. The van der Waals surface area contributed by atoms with Gasteiger partial charge < -0.3 is 10.8 Å². The second-order valence-electron chi connectivity index (χ2n) is 4.21. The number of aliphatic hydroxyl groups excluding tert-OH is 1. The van der Waals surface area contributed by atoms with Gasteiger partial charge in [-0.3, -0.25) is 4.98 Å². The molecule has 3 nitrogen and oxygen atoms in total. The van der Waals surface area contributed by atoms with Gasteiger partial charge in [0.15, 0.2) is 0 Å². The number of aliphatic hydroxyl groups is 1. The van der Waals surface area contributed by atoms with Gasteiger partial charge in [0, 0.05) is 29.9 Å². The highest BCUT2D eigenvalue weighted by Gasteiger charge is 2.25. The van der Waals surface area contributed by atoms with Gasteiger partial charge >= 0.3 is 0 Å². The average molecular weight is 264 g/mol. The number of nitrogens with zero attached hydrogens (tertiary/aromatic N) is 1. The molecule has 19 heavy (non-hydrogen) atoms. The zero-order chi connectivity index (χ0) is 13.8. The Morgan fingerprint density at radius 1 is 1.21 bits per heavy atom. The van der Waals surface area contributed by atoms with Crippen LogP contribution in [0.2, 0.25) is 0 Å². The molecule has 1 aromatic carbocycles. The lowest BCUT2D eigenvalue weighted by Gasteiger charge is -2.21. The van der Waals surface area contributed by atoms with Crippen molar-refractivity contribution in [3.63, 3.8) is 0 Å². The minimum atomic E-state index is -1.24. The fourth-order valence-corrected chi connectivity index (χ4v) is 1.96. The standard InChI is InChI=1S/C14H14F2N2O/c15-9-4-5-12(16)10(7-9)14(19)11(8-17)13-3-1-2-6-18-13/h1-7,11,14,19H,8,17H2. The molecule has 0 aliphatic rings. The van der Waals surface area contributed by atoms with Crippen LogP contribution in [-0.4, -0.2) is 16.6 Å². The van der Waals surface area contributed by atoms with Gasteiger partial charge in [-0.25, -0.2) is 8.78 Å². The molecule has 2 aromatic rings. The molecule has 0 spiro atoms. The van der Waals surface area contributed by atoms with E-state index in [1.165, 1.54) is 0 Å². The van der Waals surface area contributed by atoms with E-state index in [9.17, 15) is 13.9 Å². The van der Waals surface area contributed by atoms with E-state index in [1.807, 2.05) is 0 Å². The number of hydrogen-bond donors (Lipinski definition) is 2. The summed E-state index contributed by atoms with van der Waals surface area (Å²) in [5.74, 6) is -1.85. The summed E-state index contributed by atoms with van der Waals surface area (Å²) < 4.78 is 26.8. The van der Waals surface area contributed by atoms with E-state index in [0.717, 1.165) is 18.2 Å². The lowest BCUT2D eigenvalue weighted by atomic mass is 9.92. The van der Waals surface area contributed by atoms with Gasteiger partial charge in [0.05, 0.1) is 6.10 Å². The van der Waals surface area contributed by atoms with Crippen LogP contribution in [0.1, 0.15) is 23.3 Å². The largest absolute Gasteiger partial charge is 0.388 e. The molecular weight excluding hydrogens is 250 g/mol. The van der Waals surface area contributed by atoms with Crippen molar-refractivity contribution in [3.8, 4) is 0 Å².